The summed E-state index contributed by atoms with van der Waals surface area (Å²) in [4.78, 5) is 8.53. The number of ether oxygens (including phenoxy) is 1. The monoisotopic (exact) mass is 368 g/mol. The molecule has 0 bridgehead atoms. The molecule has 3 N–H and O–H groups in total. The fourth-order valence-electron chi connectivity index (χ4n) is 2.96. The highest BCUT2D eigenvalue weighted by atomic mass is 16.5. The number of hydrogen-bond acceptors (Lipinski definition) is 5. The highest BCUT2D eigenvalue weighted by Crippen LogP contribution is 2.33. The van der Waals surface area contributed by atoms with Crippen molar-refractivity contribution in [2.75, 3.05) is 11.1 Å². The Balaban J connectivity index is 1.67. The lowest BCUT2D eigenvalue weighted by Crippen LogP contribution is -2.15. The van der Waals surface area contributed by atoms with E-state index in [1.807, 2.05) is 66.7 Å². The van der Waals surface area contributed by atoms with Crippen LogP contribution in [0.5, 0.6) is 11.6 Å². The summed E-state index contributed by atoms with van der Waals surface area (Å²) in [5, 5.41) is 3.45. The summed E-state index contributed by atoms with van der Waals surface area (Å²) >= 11 is 0. The Kier molecular flexibility index (Phi) is 5.15. The Hall–Kier alpha value is -3.86. The number of nitrogens with one attached hydrogen (secondary N) is 1. The molecule has 138 valence electrons. The average molecular weight is 368 g/mol. The molecule has 1 aromatic heterocycles. The van der Waals surface area contributed by atoms with E-state index in [1.54, 1.807) is 0 Å². The van der Waals surface area contributed by atoms with Crippen LogP contribution >= 0.6 is 0 Å². The Labute approximate surface area is 163 Å². The highest BCUT2D eigenvalue weighted by Gasteiger charge is 2.18. The van der Waals surface area contributed by atoms with Crippen LogP contribution in [0.3, 0.4) is 0 Å². The zero-order valence-electron chi connectivity index (χ0n) is 15.2. The normalized spacial score (nSPS) is 10.6. The Morgan fingerprint density at radius 3 is 1.82 bits per heavy atom. The molecule has 0 unspecified atom stereocenters. The first-order chi connectivity index (χ1) is 13.8. The number of hydrogen-bond donors (Lipinski definition) is 2. The lowest BCUT2D eigenvalue weighted by molar-refractivity contribution is 0.464. The van der Waals surface area contributed by atoms with Crippen molar-refractivity contribution in [1.82, 2.24) is 9.97 Å². The van der Waals surface area contributed by atoms with Crippen LogP contribution in [0.25, 0.3) is 0 Å². The molecule has 0 fully saturated rings. The van der Waals surface area contributed by atoms with E-state index < -0.39 is 0 Å². The minimum atomic E-state index is -0.107. The minimum absolute atomic E-state index is 0.107. The first-order valence-corrected chi connectivity index (χ1v) is 9.01. The van der Waals surface area contributed by atoms with Gasteiger partial charge in [-0.05, 0) is 23.3 Å². The maximum absolute atomic E-state index is 6.32. The molecule has 4 rings (SSSR count). The number of para-hydroxylation sites is 1. The van der Waals surface area contributed by atoms with E-state index in [9.17, 15) is 0 Å². The zero-order chi connectivity index (χ0) is 19.2. The third-order valence-corrected chi connectivity index (χ3v) is 4.35. The van der Waals surface area contributed by atoms with Gasteiger partial charge in [0.15, 0.2) is 5.82 Å². The lowest BCUT2D eigenvalue weighted by atomic mass is 9.99. The second kappa shape index (κ2) is 8.22. The average Bonchev–Trinajstić information content (AvgIpc) is 2.76. The van der Waals surface area contributed by atoms with E-state index in [4.69, 9.17) is 10.5 Å². The van der Waals surface area contributed by atoms with Gasteiger partial charge in [-0.1, -0.05) is 78.9 Å². The number of benzene rings is 3. The highest BCUT2D eigenvalue weighted by molar-refractivity contribution is 5.68. The van der Waals surface area contributed by atoms with Gasteiger partial charge in [0.25, 0.3) is 0 Å². The van der Waals surface area contributed by atoms with Crippen LogP contribution in [0.2, 0.25) is 0 Å². The van der Waals surface area contributed by atoms with Crippen LogP contribution in [-0.2, 0) is 0 Å². The van der Waals surface area contributed by atoms with Crippen LogP contribution < -0.4 is 15.8 Å². The van der Waals surface area contributed by atoms with E-state index in [1.165, 1.54) is 6.33 Å². The first kappa shape index (κ1) is 17.5. The van der Waals surface area contributed by atoms with Gasteiger partial charge in [0, 0.05) is 0 Å². The molecule has 0 radical (unpaired) electrons. The predicted octanol–water partition coefficient (Wildman–Crippen LogP) is 5.05. The third kappa shape index (κ3) is 3.94. The van der Waals surface area contributed by atoms with Crippen LogP contribution in [0, 0.1) is 0 Å². The molecule has 1 heterocycles. The summed E-state index contributed by atoms with van der Waals surface area (Å²) in [6, 6.07) is 29.7. The van der Waals surface area contributed by atoms with Crippen molar-refractivity contribution in [2.24, 2.45) is 0 Å². The van der Waals surface area contributed by atoms with Crippen molar-refractivity contribution in [3.05, 3.63) is 108 Å². The van der Waals surface area contributed by atoms with Gasteiger partial charge in [0.1, 0.15) is 17.8 Å². The molecule has 0 spiro atoms. The van der Waals surface area contributed by atoms with Crippen molar-refractivity contribution in [1.29, 1.82) is 0 Å². The van der Waals surface area contributed by atoms with Crippen molar-refractivity contribution in [3.63, 3.8) is 0 Å². The molecule has 0 saturated carbocycles. The molecular formula is C23H20N4O. The Morgan fingerprint density at radius 2 is 1.25 bits per heavy atom. The van der Waals surface area contributed by atoms with Crippen LogP contribution in [0.4, 0.5) is 11.5 Å². The molecule has 0 aliphatic heterocycles. The largest absolute Gasteiger partial charge is 0.437 e. The summed E-state index contributed by atoms with van der Waals surface area (Å²) < 4.78 is 5.83. The van der Waals surface area contributed by atoms with Crippen molar-refractivity contribution < 1.29 is 4.74 Å². The van der Waals surface area contributed by atoms with Crippen LogP contribution in [0.1, 0.15) is 17.2 Å². The Morgan fingerprint density at radius 1 is 0.714 bits per heavy atom. The number of anilines is 2. The maximum atomic E-state index is 6.32. The van der Waals surface area contributed by atoms with Gasteiger partial charge >= 0.3 is 0 Å². The topological polar surface area (TPSA) is 73.1 Å². The van der Waals surface area contributed by atoms with Gasteiger partial charge in [0.05, 0.1) is 6.04 Å². The van der Waals surface area contributed by atoms with Crippen molar-refractivity contribution in [3.8, 4) is 11.6 Å². The zero-order valence-corrected chi connectivity index (χ0v) is 15.2. The number of nitrogens with two attached hydrogens (primary N) is 1. The molecular weight excluding hydrogens is 348 g/mol. The molecule has 0 amide bonds. The number of nitrogen functional groups attached to an aromatic ring is 1. The van der Waals surface area contributed by atoms with E-state index in [2.05, 4.69) is 39.6 Å². The van der Waals surface area contributed by atoms with Crippen molar-refractivity contribution >= 4 is 11.5 Å². The third-order valence-electron chi connectivity index (χ3n) is 4.35. The molecule has 0 aliphatic rings. The first-order valence-electron chi connectivity index (χ1n) is 9.01. The van der Waals surface area contributed by atoms with Gasteiger partial charge in [-0.2, -0.15) is 4.98 Å². The van der Waals surface area contributed by atoms with E-state index >= 15 is 0 Å². The van der Waals surface area contributed by atoms with E-state index in [0.717, 1.165) is 11.1 Å². The van der Waals surface area contributed by atoms with Gasteiger partial charge in [0.2, 0.25) is 5.88 Å². The van der Waals surface area contributed by atoms with Gasteiger partial charge in [-0.3, -0.25) is 0 Å². The number of nitrogens with zero attached hydrogens (tertiary/aromatic N) is 2. The molecule has 28 heavy (non-hydrogen) atoms. The molecule has 0 aliphatic carbocycles. The lowest BCUT2D eigenvalue weighted by Gasteiger charge is -2.21. The fourth-order valence-corrected chi connectivity index (χ4v) is 2.96. The molecule has 4 aromatic rings. The van der Waals surface area contributed by atoms with Crippen LogP contribution in [-0.4, -0.2) is 9.97 Å². The van der Waals surface area contributed by atoms with Gasteiger partial charge in [-0.25, -0.2) is 4.98 Å². The minimum Gasteiger partial charge on any atom is -0.437 e. The maximum Gasteiger partial charge on any atom is 0.248 e. The molecule has 5 heteroatoms. The summed E-state index contributed by atoms with van der Waals surface area (Å²) in [6.45, 7) is 0. The second-order valence-corrected chi connectivity index (χ2v) is 6.25. The molecule has 3 aromatic carbocycles. The molecule has 0 atom stereocenters. The van der Waals surface area contributed by atoms with E-state index in [0.29, 0.717) is 23.1 Å². The number of aromatic nitrogens is 2. The SMILES string of the molecule is Nc1c(NC(c2ccccc2)c2ccccc2)ncnc1Oc1ccccc1. The van der Waals surface area contributed by atoms with E-state index in [-0.39, 0.29) is 6.04 Å². The molecule has 5 nitrogen and oxygen atoms in total. The summed E-state index contributed by atoms with van der Waals surface area (Å²) in [5.74, 6) is 1.52. The quantitative estimate of drug-likeness (QED) is 0.498. The molecule has 0 saturated heterocycles. The summed E-state index contributed by atoms with van der Waals surface area (Å²) in [7, 11) is 0. The Bertz CT molecular complexity index is 985. The summed E-state index contributed by atoms with van der Waals surface area (Å²) in [6.07, 6.45) is 1.45. The summed E-state index contributed by atoms with van der Waals surface area (Å²) in [5.41, 5.74) is 8.90. The number of rotatable bonds is 6. The van der Waals surface area contributed by atoms with Gasteiger partial charge < -0.3 is 15.8 Å². The van der Waals surface area contributed by atoms with Crippen molar-refractivity contribution in [2.45, 2.75) is 6.04 Å². The van der Waals surface area contributed by atoms with Crippen LogP contribution in [0.15, 0.2) is 97.3 Å². The second-order valence-electron chi connectivity index (χ2n) is 6.25. The smallest absolute Gasteiger partial charge is 0.248 e. The fraction of sp³-hybridized carbons (Fsp3) is 0.0435. The standard InChI is InChI=1S/C23H20N4O/c24-20-22(25-16-26-23(20)28-19-14-8-3-9-15-19)27-21(17-10-4-1-5-11-17)18-12-6-2-7-13-18/h1-16,21H,24H2,(H,25,26,27). The predicted molar refractivity (Wildman–Crippen MR) is 111 cm³/mol. The van der Waals surface area contributed by atoms with Gasteiger partial charge in [-0.15, -0.1) is 0 Å².